The van der Waals surface area contributed by atoms with Gasteiger partial charge in [0.15, 0.2) is 0 Å². The summed E-state index contributed by atoms with van der Waals surface area (Å²) in [7, 11) is 3.49. The number of aryl methyl sites for hydroxylation is 2. The van der Waals surface area contributed by atoms with Crippen molar-refractivity contribution < 1.29 is 4.79 Å². The second kappa shape index (κ2) is 7.83. The van der Waals surface area contributed by atoms with E-state index in [1.54, 1.807) is 23.2 Å². The summed E-state index contributed by atoms with van der Waals surface area (Å²) in [5.74, 6) is -0.386. The average molecular weight is 414 g/mol. The molecular weight excluding hydrogens is 390 g/mol. The van der Waals surface area contributed by atoms with Crippen molar-refractivity contribution in [2.45, 2.75) is 0 Å². The number of fused-ring (bicyclic) bond motifs is 1. The first kappa shape index (κ1) is 19.4. The van der Waals surface area contributed by atoms with Crippen molar-refractivity contribution in [1.29, 1.82) is 0 Å². The van der Waals surface area contributed by atoms with Gasteiger partial charge in [-0.15, -0.1) is 11.6 Å². The van der Waals surface area contributed by atoms with Crippen molar-refractivity contribution in [1.82, 2.24) is 9.13 Å². The predicted octanol–water partition coefficient (Wildman–Crippen LogP) is 2.38. The molecule has 29 heavy (non-hydrogen) atoms. The third-order valence-electron chi connectivity index (χ3n) is 5.53. The molecule has 1 fully saturated rings. The maximum Gasteiger partial charge on any atom is 0.328 e. The van der Waals surface area contributed by atoms with Gasteiger partial charge in [-0.05, 0) is 24.3 Å². The van der Waals surface area contributed by atoms with Crippen molar-refractivity contribution in [3.8, 4) is 0 Å². The van der Waals surface area contributed by atoms with Gasteiger partial charge in [-0.1, -0.05) is 18.2 Å². The molecule has 1 aromatic heterocycles. The Balaban J connectivity index is 1.68. The standard InChI is InChI=1S/C21H24ClN5O2/c1-24-18-12-16(23-20(28)14-22)17(13-19(18)25(2)21(24)29)27-10-8-26(9-11-27)15-6-4-3-5-7-15/h3-7,12-13H,8-11,14H2,1-2H3,(H,23,28). The van der Waals surface area contributed by atoms with E-state index in [1.165, 1.54) is 5.69 Å². The van der Waals surface area contributed by atoms with E-state index < -0.39 is 0 Å². The van der Waals surface area contributed by atoms with Crippen LogP contribution in [0.25, 0.3) is 11.0 Å². The van der Waals surface area contributed by atoms with Gasteiger partial charge in [0, 0.05) is 46.0 Å². The highest BCUT2D eigenvalue weighted by molar-refractivity contribution is 6.29. The smallest absolute Gasteiger partial charge is 0.328 e. The molecule has 152 valence electrons. The summed E-state index contributed by atoms with van der Waals surface area (Å²) in [6, 6.07) is 14.2. The van der Waals surface area contributed by atoms with Crippen LogP contribution in [0, 0.1) is 0 Å². The number of hydrogen-bond acceptors (Lipinski definition) is 4. The van der Waals surface area contributed by atoms with Gasteiger partial charge in [-0.3, -0.25) is 13.9 Å². The van der Waals surface area contributed by atoms with Crippen molar-refractivity contribution in [2.75, 3.05) is 47.2 Å². The van der Waals surface area contributed by atoms with Gasteiger partial charge in [0.2, 0.25) is 5.91 Å². The number of amides is 1. The molecule has 1 saturated heterocycles. The van der Waals surface area contributed by atoms with E-state index >= 15 is 0 Å². The number of nitrogens with one attached hydrogen (secondary N) is 1. The van der Waals surface area contributed by atoms with Gasteiger partial charge in [-0.2, -0.15) is 0 Å². The topological polar surface area (TPSA) is 62.5 Å². The average Bonchev–Trinajstić information content (AvgIpc) is 2.97. The molecule has 2 aromatic carbocycles. The summed E-state index contributed by atoms with van der Waals surface area (Å²) < 4.78 is 3.22. The van der Waals surface area contributed by atoms with Crippen molar-refractivity contribution in [3.63, 3.8) is 0 Å². The van der Waals surface area contributed by atoms with Crippen LogP contribution < -0.4 is 20.8 Å². The maximum atomic E-state index is 12.4. The van der Waals surface area contributed by atoms with Crippen molar-refractivity contribution >= 4 is 45.6 Å². The maximum absolute atomic E-state index is 12.4. The van der Waals surface area contributed by atoms with E-state index in [1.807, 2.05) is 30.3 Å². The van der Waals surface area contributed by atoms with Crippen LogP contribution in [0.15, 0.2) is 47.3 Å². The van der Waals surface area contributed by atoms with Crippen molar-refractivity contribution in [3.05, 3.63) is 52.9 Å². The molecule has 0 radical (unpaired) electrons. The highest BCUT2D eigenvalue weighted by atomic mass is 35.5. The molecule has 1 aliphatic rings. The highest BCUT2D eigenvalue weighted by Crippen LogP contribution is 2.32. The third-order valence-corrected chi connectivity index (χ3v) is 5.77. The summed E-state index contributed by atoms with van der Waals surface area (Å²) in [4.78, 5) is 29.0. The number of anilines is 3. The summed E-state index contributed by atoms with van der Waals surface area (Å²) in [6.07, 6.45) is 0. The Morgan fingerprint density at radius 1 is 0.966 bits per heavy atom. The number of piperazine rings is 1. The van der Waals surface area contributed by atoms with Crippen LogP contribution in [-0.4, -0.2) is 47.1 Å². The number of hydrogen-bond donors (Lipinski definition) is 1. The monoisotopic (exact) mass is 413 g/mol. The molecule has 1 N–H and O–H groups in total. The fourth-order valence-electron chi connectivity index (χ4n) is 3.92. The lowest BCUT2D eigenvalue weighted by Crippen LogP contribution is -2.46. The number of benzene rings is 2. The lowest BCUT2D eigenvalue weighted by atomic mass is 10.1. The number of carbonyl (C=O) groups excluding carboxylic acids is 1. The molecule has 4 rings (SSSR count). The van der Waals surface area contributed by atoms with Crippen LogP contribution in [0.2, 0.25) is 0 Å². The molecular formula is C21H24ClN5O2. The first-order valence-electron chi connectivity index (χ1n) is 9.60. The van der Waals surface area contributed by atoms with Crippen LogP contribution in [-0.2, 0) is 18.9 Å². The Hall–Kier alpha value is -2.93. The van der Waals surface area contributed by atoms with E-state index in [4.69, 9.17) is 11.6 Å². The number of carbonyl (C=O) groups is 1. The number of halogens is 1. The number of para-hydroxylation sites is 1. The molecule has 0 spiro atoms. The summed E-state index contributed by atoms with van der Waals surface area (Å²) in [5, 5.41) is 2.90. The first-order chi connectivity index (χ1) is 14.0. The fraction of sp³-hybridized carbons (Fsp3) is 0.333. The van der Waals surface area contributed by atoms with Crippen LogP contribution >= 0.6 is 11.6 Å². The van der Waals surface area contributed by atoms with E-state index in [-0.39, 0.29) is 17.5 Å². The van der Waals surface area contributed by atoms with Crippen molar-refractivity contribution in [2.24, 2.45) is 14.1 Å². The molecule has 0 saturated carbocycles. The number of aromatic nitrogens is 2. The van der Waals surface area contributed by atoms with Crippen LogP contribution in [0.4, 0.5) is 17.1 Å². The second-order valence-electron chi connectivity index (χ2n) is 7.25. The number of imidazole rings is 1. The molecule has 2 heterocycles. The number of alkyl halides is 1. The highest BCUT2D eigenvalue weighted by Gasteiger charge is 2.22. The Kier molecular flexibility index (Phi) is 5.24. The molecule has 0 aliphatic carbocycles. The van der Waals surface area contributed by atoms with E-state index in [2.05, 4.69) is 27.2 Å². The van der Waals surface area contributed by atoms with E-state index in [0.717, 1.165) is 42.9 Å². The van der Waals surface area contributed by atoms with E-state index in [0.29, 0.717) is 5.69 Å². The summed E-state index contributed by atoms with van der Waals surface area (Å²) >= 11 is 5.71. The zero-order valence-electron chi connectivity index (χ0n) is 16.6. The normalized spacial score (nSPS) is 14.4. The summed E-state index contributed by atoms with van der Waals surface area (Å²) in [6.45, 7) is 3.37. The third kappa shape index (κ3) is 3.58. The Bertz CT molecular complexity index is 1100. The molecule has 8 heteroatoms. The minimum absolute atomic E-state index is 0.0966. The minimum atomic E-state index is -0.267. The fourth-order valence-corrected chi connectivity index (χ4v) is 3.99. The lowest BCUT2D eigenvalue weighted by Gasteiger charge is -2.38. The van der Waals surface area contributed by atoms with Gasteiger partial charge in [0.05, 0.1) is 22.4 Å². The first-order valence-corrected chi connectivity index (χ1v) is 10.1. The Morgan fingerprint density at radius 2 is 1.55 bits per heavy atom. The molecule has 3 aromatic rings. The molecule has 0 atom stereocenters. The largest absolute Gasteiger partial charge is 0.368 e. The zero-order chi connectivity index (χ0) is 20.5. The molecule has 1 amide bonds. The Morgan fingerprint density at radius 3 is 2.17 bits per heavy atom. The SMILES string of the molecule is Cn1c(=O)n(C)c2cc(N3CCN(c4ccccc4)CC3)c(NC(=O)CCl)cc21. The van der Waals surface area contributed by atoms with Crippen LogP contribution in [0.5, 0.6) is 0 Å². The quantitative estimate of drug-likeness (QED) is 0.667. The van der Waals surface area contributed by atoms with Gasteiger partial charge in [-0.25, -0.2) is 4.79 Å². The van der Waals surface area contributed by atoms with E-state index in [9.17, 15) is 9.59 Å². The number of rotatable bonds is 4. The van der Waals surface area contributed by atoms with Gasteiger partial charge < -0.3 is 15.1 Å². The molecule has 7 nitrogen and oxygen atoms in total. The van der Waals surface area contributed by atoms with Gasteiger partial charge in [0.1, 0.15) is 5.88 Å². The minimum Gasteiger partial charge on any atom is -0.368 e. The molecule has 0 unspecified atom stereocenters. The van der Waals surface area contributed by atoms with Crippen LogP contribution in [0.3, 0.4) is 0 Å². The molecule has 1 aliphatic heterocycles. The lowest BCUT2D eigenvalue weighted by molar-refractivity contribution is -0.113. The van der Waals surface area contributed by atoms with Gasteiger partial charge >= 0.3 is 5.69 Å². The number of nitrogens with zero attached hydrogens (tertiary/aromatic N) is 4. The Labute approximate surface area is 174 Å². The van der Waals surface area contributed by atoms with Gasteiger partial charge in [0.25, 0.3) is 0 Å². The second-order valence-corrected chi connectivity index (χ2v) is 7.52. The zero-order valence-corrected chi connectivity index (χ0v) is 17.3. The predicted molar refractivity (Wildman–Crippen MR) is 118 cm³/mol. The molecule has 0 bridgehead atoms. The summed E-state index contributed by atoms with van der Waals surface area (Å²) in [5.41, 5.74) is 4.31. The van der Waals surface area contributed by atoms with Crippen LogP contribution in [0.1, 0.15) is 0 Å².